The largest absolute Gasteiger partial charge is 0.368 e. The fraction of sp³-hybridized carbons (Fsp3) is 0.938. The summed E-state index contributed by atoms with van der Waals surface area (Å²) in [5.41, 5.74) is 5.27. The third kappa shape index (κ3) is 3.01. The number of carbonyl (C=O) groups excluding carboxylic acids is 1. The lowest BCUT2D eigenvalue weighted by atomic mass is 9.95. The number of nitrogens with one attached hydrogen (secondary N) is 1. The van der Waals surface area contributed by atoms with Crippen LogP contribution < -0.4 is 11.1 Å². The molecule has 0 radical (unpaired) electrons. The number of nitrogens with zero attached hydrogens (tertiary/aromatic N) is 1. The monoisotopic (exact) mass is 279 g/mol. The average Bonchev–Trinajstić information content (AvgIpc) is 3.26. The van der Waals surface area contributed by atoms with Crippen molar-refractivity contribution in [3.63, 3.8) is 0 Å². The van der Waals surface area contributed by atoms with Gasteiger partial charge in [-0.1, -0.05) is 0 Å². The smallest absolute Gasteiger partial charge is 0.237 e. The highest BCUT2D eigenvalue weighted by Crippen LogP contribution is 2.41. The predicted molar refractivity (Wildman–Crippen MR) is 80.3 cm³/mol. The van der Waals surface area contributed by atoms with Crippen molar-refractivity contribution >= 4 is 5.91 Å². The summed E-state index contributed by atoms with van der Waals surface area (Å²) in [6.45, 7) is 5.45. The van der Waals surface area contributed by atoms with E-state index < -0.39 is 5.54 Å². The molecule has 0 bridgehead atoms. The molecule has 1 amide bonds. The van der Waals surface area contributed by atoms with Crippen LogP contribution in [0.25, 0.3) is 0 Å². The topological polar surface area (TPSA) is 58.4 Å². The quantitative estimate of drug-likeness (QED) is 0.745. The van der Waals surface area contributed by atoms with Crippen LogP contribution in [0.15, 0.2) is 0 Å². The molecule has 0 saturated heterocycles. The van der Waals surface area contributed by atoms with Gasteiger partial charge < -0.3 is 11.1 Å². The molecule has 4 heteroatoms. The summed E-state index contributed by atoms with van der Waals surface area (Å²) in [4.78, 5) is 14.7. The van der Waals surface area contributed by atoms with Gasteiger partial charge in [0, 0.05) is 24.7 Å². The van der Waals surface area contributed by atoms with Crippen LogP contribution in [0.3, 0.4) is 0 Å². The van der Waals surface area contributed by atoms with E-state index in [4.69, 9.17) is 5.73 Å². The number of rotatable bonds is 7. The van der Waals surface area contributed by atoms with Crippen molar-refractivity contribution in [2.45, 2.75) is 82.5 Å². The Kier molecular flexibility index (Phi) is 3.80. The lowest BCUT2D eigenvalue weighted by molar-refractivity contribution is -0.124. The molecule has 0 aromatic rings. The Balaban J connectivity index is 1.67. The van der Waals surface area contributed by atoms with E-state index in [1.165, 1.54) is 32.2 Å². The van der Waals surface area contributed by atoms with Crippen molar-refractivity contribution in [3.8, 4) is 0 Å². The van der Waals surface area contributed by atoms with Crippen molar-refractivity contribution in [3.05, 3.63) is 0 Å². The summed E-state index contributed by atoms with van der Waals surface area (Å²) in [6, 6.07) is 1.66. The van der Waals surface area contributed by atoms with Crippen LogP contribution >= 0.6 is 0 Å². The van der Waals surface area contributed by atoms with Gasteiger partial charge in [-0.25, -0.2) is 0 Å². The number of nitrogens with two attached hydrogens (primary N) is 1. The van der Waals surface area contributed by atoms with E-state index in [9.17, 15) is 4.79 Å². The van der Waals surface area contributed by atoms with E-state index in [0.29, 0.717) is 12.1 Å². The lowest BCUT2D eigenvalue weighted by Gasteiger charge is -2.33. The minimum absolute atomic E-state index is 0.157. The summed E-state index contributed by atoms with van der Waals surface area (Å²) in [5, 5.41) is 3.47. The molecule has 3 rings (SSSR count). The van der Waals surface area contributed by atoms with Gasteiger partial charge in [-0.2, -0.15) is 0 Å². The molecular formula is C16H29N3O. The Morgan fingerprint density at radius 3 is 2.45 bits per heavy atom. The van der Waals surface area contributed by atoms with Gasteiger partial charge in [0.1, 0.15) is 0 Å². The van der Waals surface area contributed by atoms with Crippen molar-refractivity contribution in [2.75, 3.05) is 6.54 Å². The standard InChI is InChI=1S/C16H29N3O/c1-11(2)18-16(15(17)20)8-7-14(9-16)19(13-5-6-13)10-12-3-4-12/h11-14,18H,3-10H2,1-2H3,(H2,17,20). The molecular weight excluding hydrogens is 250 g/mol. The summed E-state index contributed by atoms with van der Waals surface area (Å²) in [6.07, 6.45) is 8.44. The molecule has 3 aliphatic carbocycles. The highest BCUT2D eigenvalue weighted by atomic mass is 16.1. The number of hydrogen-bond donors (Lipinski definition) is 2. The first-order valence-corrected chi connectivity index (χ1v) is 8.33. The van der Waals surface area contributed by atoms with Crippen molar-refractivity contribution in [1.29, 1.82) is 0 Å². The molecule has 0 aromatic heterocycles. The maximum absolute atomic E-state index is 12.0. The highest BCUT2D eigenvalue weighted by Gasteiger charge is 2.48. The fourth-order valence-corrected chi connectivity index (χ4v) is 3.88. The second kappa shape index (κ2) is 5.30. The highest BCUT2D eigenvalue weighted by molar-refractivity contribution is 5.85. The molecule has 3 fully saturated rings. The van der Waals surface area contributed by atoms with Crippen LogP contribution in [-0.2, 0) is 4.79 Å². The molecule has 0 heterocycles. The minimum atomic E-state index is -0.463. The third-order valence-corrected chi connectivity index (χ3v) is 5.18. The number of primary amides is 1. The first-order chi connectivity index (χ1) is 9.50. The van der Waals surface area contributed by atoms with Crippen LogP contribution in [0, 0.1) is 5.92 Å². The predicted octanol–water partition coefficient (Wildman–Crippen LogP) is 1.64. The van der Waals surface area contributed by atoms with Gasteiger partial charge in [-0.15, -0.1) is 0 Å². The molecule has 0 spiro atoms. The summed E-state index contributed by atoms with van der Waals surface area (Å²) in [7, 11) is 0. The zero-order valence-electron chi connectivity index (χ0n) is 12.9. The van der Waals surface area contributed by atoms with E-state index >= 15 is 0 Å². The molecule has 0 aliphatic heterocycles. The molecule has 3 aliphatic rings. The molecule has 114 valence electrons. The van der Waals surface area contributed by atoms with Crippen molar-refractivity contribution < 1.29 is 4.79 Å². The van der Waals surface area contributed by atoms with Crippen LogP contribution in [0.1, 0.15) is 58.8 Å². The maximum Gasteiger partial charge on any atom is 0.237 e. The van der Waals surface area contributed by atoms with Crippen LogP contribution in [-0.4, -0.2) is 41.0 Å². The van der Waals surface area contributed by atoms with E-state index in [1.807, 2.05) is 0 Å². The summed E-state index contributed by atoms with van der Waals surface area (Å²) >= 11 is 0. The zero-order valence-corrected chi connectivity index (χ0v) is 12.9. The van der Waals surface area contributed by atoms with Gasteiger partial charge in [0.25, 0.3) is 0 Å². The molecule has 2 unspecified atom stereocenters. The Morgan fingerprint density at radius 2 is 1.95 bits per heavy atom. The molecule has 0 aromatic carbocycles. The second-order valence-corrected chi connectivity index (χ2v) is 7.51. The van der Waals surface area contributed by atoms with E-state index in [0.717, 1.165) is 31.2 Å². The average molecular weight is 279 g/mol. The van der Waals surface area contributed by atoms with E-state index in [-0.39, 0.29) is 5.91 Å². The Morgan fingerprint density at radius 1 is 1.25 bits per heavy atom. The Bertz CT molecular complexity index is 376. The molecule has 3 N–H and O–H groups in total. The van der Waals surface area contributed by atoms with E-state index in [2.05, 4.69) is 24.1 Å². The summed E-state index contributed by atoms with van der Waals surface area (Å²) < 4.78 is 0. The van der Waals surface area contributed by atoms with Crippen molar-refractivity contribution in [1.82, 2.24) is 10.2 Å². The maximum atomic E-state index is 12.0. The first kappa shape index (κ1) is 14.3. The molecule has 3 saturated carbocycles. The van der Waals surface area contributed by atoms with Crippen LogP contribution in [0.5, 0.6) is 0 Å². The second-order valence-electron chi connectivity index (χ2n) is 7.51. The first-order valence-electron chi connectivity index (χ1n) is 8.33. The van der Waals surface area contributed by atoms with Crippen molar-refractivity contribution in [2.24, 2.45) is 11.7 Å². The SMILES string of the molecule is CC(C)NC1(C(N)=O)CCC(N(CC2CC2)C2CC2)C1. The molecule has 4 nitrogen and oxygen atoms in total. The van der Waals surface area contributed by atoms with Gasteiger partial charge in [0.15, 0.2) is 0 Å². The van der Waals surface area contributed by atoms with Crippen LogP contribution in [0.4, 0.5) is 0 Å². The van der Waals surface area contributed by atoms with Gasteiger partial charge in [-0.3, -0.25) is 9.69 Å². The van der Waals surface area contributed by atoms with Gasteiger partial charge in [0.2, 0.25) is 5.91 Å². The molecule has 20 heavy (non-hydrogen) atoms. The summed E-state index contributed by atoms with van der Waals surface area (Å²) in [5.74, 6) is 0.771. The van der Waals surface area contributed by atoms with Gasteiger partial charge in [-0.05, 0) is 64.7 Å². The number of hydrogen-bond acceptors (Lipinski definition) is 3. The third-order valence-electron chi connectivity index (χ3n) is 5.18. The minimum Gasteiger partial charge on any atom is -0.368 e. The lowest BCUT2D eigenvalue weighted by Crippen LogP contribution is -2.57. The normalized spacial score (nSPS) is 34.1. The van der Waals surface area contributed by atoms with Gasteiger partial charge in [0.05, 0.1) is 5.54 Å². The Labute approximate surface area is 122 Å². The van der Waals surface area contributed by atoms with Crippen LogP contribution in [0.2, 0.25) is 0 Å². The number of carbonyl (C=O) groups is 1. The molecule has 2 atom stereocenters. The number of amides is 1. The zero-order chi connectivity index (χ0) is 14.3. The van der Waals surface area contributed by atoms with Gasteiger partial charge >= 0.3 is 0 Å². The van der Waals surface area contributed by atoms with E-state index in [1.54, 1.807) is 0 Å². The Hall–Kier alpha value is -0.610. The fourth-order valence-electron chi connectivity index (χ4n) is 3.88.